The maximum absolute atomic E-state index is 12.7. The fraction of sp³-hybridized carbons (Fsp3) is 0.643. The Labute approximate surface area is 127 Å². The summed E-state index contributed by atoms with van der Waals surface area (Å²) in [5.41, 5.74) is -0.361. The number of nitrogens with zero attached hydrogens (tertiary/aromatic N) is 1. The normalized spacial score (nSPS) is 20.2. The third-order valence-corrected chi connectivity index (χ3v) is 5.65. The van der Waals surface area contributed by atoms with Crippen molar-refractivity contribution in [1.29, 1.82) is 0 Å². The molecule has 1 saturated heterocycles. The number of rotatable bonds is 5. The molecule has 2 heterocycles. The number of carbonyl (C=O) groups is 1. The highest BCUT2D eigenvalue weighted by molar-refractivity contribution is 9.10. The van der Waals surface area contributed by atoms with Gasteiger partial charge >= 0.3 is 0 Å². The van der Waals surface area contributed by atoms with Crippen LogP contribution in [0.25, 0.3) is 0 Å². The van der Waals surface area contributed by atoms with E-state index in [0.29, 0.717) is 12.2 Å². The predicted octanol–water partition coefficient (Wildman–Crippen LogP) is 3.12. The van der Waals surface area contributed by atoms with Gasteiger partial charge in [0.15, 0.2) is 5.78 Å². The first kappa shape index (κ1) is 15.2. The lowest BCUT2D eigenvalue weighted by molar-refractivity contribution is -0.133. The van der Waals surface area contributed by atoms with E-state index in [0.717, 1.165) is 42.1 Å². The summed E-state index contributed by atoms with van der Waals surface area (Å²) in [5, 5.41) is 2.03. The SMILES string of the molecule is CCC(C)(C(=O)Cc1cc(Br)cs1)N1CCOCC1. The smallest absolute Gasteiger partial charge is 0.157 e. The van der Waals surface area contributed by atoms with Crippen LogP contribution in [-0.2, 0) is 16.0 Å². The van der Waals surface area contributed by atoms with Crippen molar-refractivity contribution in [3.8, 4) is 0 Å². The average Bonchev–Trinajstić information content (AvgIpc) is 2.84. The number of carbonyl (C=O) groups excluding carboxylic acids is 1. The molecule has 0 bridgehead atoms. The number of halogens is 1. The molecule has 0 amide bonds. The molecule has 0 saturated carbocycles. The van der Waals surface area contributed by atoms with Crippen LogP contribution in [0.15, 0.2) is 15.9 Å². The van der Waals surface area contributed by atoms with Crippen LogP contribution in [0.4, 0.5) is 0 Å². The number of morpholine rings is 1. The van der Waals surface area contributed by atoms with Crippen LogP contribution >= 0.6 is 27.3 Å². The number of thiophene rings is 1. The molecule has 0 aromatic carbocycles. The van der Waals surface area contributed by atoms with Crippen LogP contribution in [0.3, 0.4) is 0 Å². The first-order valence-corrected chi connectivity index (χ1v) is 8.32. The Kier molecular flexibility index (Phi) is 5.17. The van der Waals surface area contributed by atoms with E-state index in [4.69, 9.17) is 4.74 Å². The lowest BCUT2D eigenvalue weighted by Gasteiger charge is -2.41. The van der Waals surface area contributed by atoms with Crippen LogP contribution in [0.2, 0.25) is 0 Å². The molecule has 106 valence electrons. The van der Waals surface area contributed by atoms with Gasteiger partial charge in [0, 0.05) is 34.2 Å². The Balaban J connectivity index is 2.08. The van der Waals surface area contributed by atoms with Crippen molar-refractivity contribution in [2.24, 2.45) is 0 Å². The fourth-order valence-corrected chi connectivity index (χ4v) is 3.90. The lowest BCUT2D eigenvalue weighted by Crippen LogP contribution is -2.56. The van der Waals surface area contributed by atoms with Crippen molar-refractivity contribution in [1.82, 2.24) is 4.90 Å². The monoisotopic (exact) mass is 345 g/mol. The standard InChI is InChI=1S/C14H20BrNO2S/c1-3-14(2,16-4-6-18-7-5-16)13(17)9-12-8-11(15)10-19-12/h8,10H,3-7,9H2,1-2H3. The van der Waals surface area contributed by atoms with Gasteiger partial charge < -0.3 is 4.74 Å². The number of hydrogen-bond acceptors (Lipinski definition) is 4. The molecule has 2 rings (SSSR count). The molecule has 1 aliphatic rings. The number of hydrogen-bond donors (Lipinski definition) is 0. The van der Waals surface area contributed by atoms with Crippen molar-refractivity contribution >= 4 is 33.0 Å². The maximum Gasteiger partial charge on any atom is 0.157 e. The molecule has 0 radical (unpaired) electrons. The topological polar surface area (TPSA) is 29.5 Å². The van der Waals surface area contributed by atoms with Crippen molar-refractivity contribution in [3.63, 3.8) is 0 Å². The highest BCUT2D eigenvalue weighted by atomic mass is 79.9. The second-order valence-electron chi connectivity index (χ2n) is 5.06. The van der Waals surface area contributed by atoms with Gasteiger partial charge in [0.05, 0.1) is 18.8 Å². The molecule has 0 spiro atoms. The van der Waals surface area contributed by atoms with Crippen LogP contribution < -0.4 is 0 Å². The molecule has 1 atom stereocenters. The molecule has 0 N–H and O–H groups in total. The van der Waals surface area contributed by atoms with Gasteiger partial charge in [-0.05, 0) is 35.3 Å². The summed E-state index contributed by atoms with van der Waals surface area (Å²) in [6.45, 7) is 7.33. The summed E-state index contributed by atoms with van der Waals surface area (Å²) in [4.78, 5) is 16.1. The molecule has 1 fully saturated rings. The summed E-state index contributed by atoms with van der Waals surface area (Å²) in [6, 6.07) is 2.04. The zero-order valence-corrected chi connectivity index (χ0v) is 13.8. The van der Waals surface area contributed by atoms with Gasteiger partial charge in [0.1, 0.15) is 0 Å². The minimum atomic E-state index is -0.361. The molecule has 5 heteroatoms. The quantitative estimate of drug-likeness (QED) is 0.820. The first-order chi connectivity index (χ1) is 9.06. The zero-order valence-electron chi connectivity index (χ0n) is 11.4. The summed E-state index contributed by atoms with van der Waals surface area (Å²) >= 11 is 5.08. The van der Waals surface area contributed by atoms with E-state index in [2.05, 4.69) is 34.7 Å². The third kappa shape index (κ3) is 3.45. The molecule has 0 aliphatic carbocycles. The highest BCUT2D eigenvalue weighted by Gasteiger charge is 2.37. The number of ketones is 1. The van der Waals surface area contributed by atoms with Crippen LogP contribution in [0.1, 0.15) is 25.1 Å². The third-order valence-electron chi connectivity index (χ3n) is 3.95. The van der Waals surface area contributed by atoms with Crippen molar-refractivity contribution in [2.45, 2.75) is 32.2 Å². The summed E-state index contributed by atoms with van der Waals surface area (Å²) in [5.74, 6) is 0.311. The van der Waals surface area contributed by atoms with Gasteiger partial charge in [-0.25, -0.2) is 0 Å². The van der Waals surface area contributed by atoms with Crippen LogP contribution in [0, 0.1) is 0 Å². The van der Waals surface area contributed by atoms with Crippen LogP contribution in [-0.4, -0.2) is 42.5 Å². The van der Waals surface area contributed by atoms with Crippen molar-refractivity contribution in [3.05, 3.63) is 20.8 Å². The number of ether oxygens (including phenoxy) is 1. The summed E-state index contributed by atoms with van der Waals surface area (Å²) in [7, 11) is 0. The van der Waals surface area contributed by atoms with E-state index >= 15 is 0 Å². The number of Topliss-reactive ketones (excluding diaryl/α,β-unsaturated/α-hetero) is 1. The second kappa shape index (κ2) is 6.48. The van der Waals surface area contributed by atoms with Gasteiger partial charge in [-0.15, -0.1) is 11.3 Å². The maximum atomic E-state index is 12.7. The van der Waals surface area contributed by atoms with Gasteiger partial charge in [-0.1, -0.05) is 6.92 Å². The molecule has 19 heavy (non-hydrogen) atoms. The van der Waals surface area contributed by atoms with E-state index < -0.39 is 0 Å². The van der Waals surface area contributed by atoms with E-state index in [1.54, 1.807) is 11.3 Å². The van der Waals surface area contributed by atoms with Gasteiger partial charge in [0.25, 0.3) is 0 Å². The van der Waals surface area contributed by atoms with E-state index in [1.807, 2.05) is 11.4 Å². The molecular weight excluding hydrogens is 326 g/mol. The minimum absolute atomic E-state index is 0.311. The largest absolute Gasteiger partial charge is 0.379 e. The predicted molar refractivity (Wildman–Crippen MR) is 81.8 cm³/mol. The molecule has 1 aromatic rings. The van der Waals surface area contributed by atoms with E-state index in [1.165, 1.54) is 0 Å². The van der Waals surface area contributed by atoms with E-state index in [9.17, 15) is 4.79 Å². The highest BCUT2D eigenvalue weighted by Crippen LogP contribution is 2.26. The summed E-state index contributed by atoms with van der Waals surface area (Å²) < 4.78 is 6.44. The molecule has 1 aliphatic heterocycles. The van der Waals surface area contributed by atoms with Gasteiger partial charge in [-0.3, -0.25) is 9.69 Å². The molecule has 1 aromatic heterocycles. The zero-order chi connectivity index (χ0) is 13.9. The van der Waals surface area contributed by atoms with E-state index in [-0.39, 0.29) is 5.54 Å². The molecule has 1 unspecified atom stereocenters. The Bertz CT molecular complexity index is 442. The summed E-state index contributed by atoms with van der Waals surface area (Å²) in [6.07, 6.45) is 1.37. The molecular formula is C14H20BrNO2S. The first-order valence-electron chi connectivity index (χ1n) is 6.65. The van der Waals surface area contributed by atoms with Gasteiger partial charge in [-0.2, -0.15) is 0 Å². The Hall–Kier alpha value is -0.230. The molecule has 3 nitrogen and oxygen atoms in total. The average molecular weight is 346 g/mol. The van der Waals surface area contributed by atoms with Crippen molar-refractivity contribution in [2.75, 3.05) is 26.3 Å². The Morgan fingerprint density at radius 1 is 1.53 bits per heavy atom. The minimum Gasteiger partial charge on any atom is -0.379 e. The van der Waals surface area contributed by atoms with Crippen molar-refractivity contribution < 1.29 is 9.53 Å². The Morgan fingerprint density at radius 3 is 2.74 bits per heavy atom. The Morgan fingerprint density at radius 2 is 2.21 bits per heavy atom. The van der Waals surface area contributed by atoms with Gasteiger partial charge in [0.2, 0.25) is 0 Å². The second-order valence-corrected chi connectivity index (χ2v) is 6.97. The lowest BCUT2D eigenvalue weighted by atomic mass is 9.88. The van der Waals surface area contributed by atoms with Crippen LogP contribution in [0.5, 0.6) is 0 Å². The fourth-order valence-electron chi connectivity index (χ4n) is 2.45.